The van der Waals surface area contributed by atoms with E-state index in [1.165, 1.54) is 12.1 Å². The Balaban J connectivity index is 1.24. The molecule has 2 aromatic carbocycles. The van der Waals surface area contributed by atoms with Crippen molar-refractivity contribution < 1.29 is 13.6 Å². The Bertz CT molecular complexity index is 989. The van der Waals surface area contributed by atoms with Gasteiger partial charge in [0, 0.05) is 31.6 Å². The van der Waals surface area contributed by atoms with Crippen molar-refractivity contribution in [1.29, 1.82) is 0 Å². The maximum Gasteiger partial charge on any atom is 0.298 e. The number of fused-ring (bicyclic) bond motifs is 1. The molecular formula is C23H24FN3O2. The van der Waals surface area contributed by atoms with Crippen molar-refractivity contribution in [3.63, 3.8) is 0 Å². The summed E-state index contributed by atoms with van der Waals surface area (Å²) in [7, 11) is 0. The molecule has 0 bridgehead atoms. The first-order chi connectivity index (χ1) is 14.2. The number of oxazole rings is 1. The number of hydrogen-bond acceptors (Lipinski definition) is 4. The standard InChI is InChI=1S/C23H24FN3O2/c24-18-5-3-4-16(14-18)15-27(19-8-9-19)22(28)17-10-12-26(13-11-17)23-25-20-6-1-2-7-21(20)29-23/h1-7,14,17,19H,8-13,15H2. The molecule has 5 nitrogen and oxygen atoms in total. The molecule has 6 heteroatoms. The second-order valence-electron chi connectivity index (χ2n) is 8.05. The van der Waals surface area contributed by atoms with E-state index < -0.39 is 0 Å². The van der Waals surface area contributed by atoms with Crippen LogP contribution in [0.3, 0.4) is 0 Å². The summed E-state index contributed by atoms with van der Waals surface area (Å²) in [6.07, 6.45) is 3.65. The quantitative estimate of drug-likeness (QED) is 0.646. The molecule has 1 amide bonds. The van der Waals surface area contributed by atoms with E-state index in [1.807, 2.05) is 35.2 Å². The van der Waals surface area contributed by atoms with Crippen LogP contribution in [0.2, 0.25) is 0 Å². The summed E-state index contributed by atoms with van der Waals surface area (Å²) in [4.78, 5) is 21.9. The summed E-state index contributed by atoms with van der Waals surface area (Å²) >= 11 is 0. The fourth-order valence-corrected chi connectivity index (χ4v) is 4.15. The zero-order valence-electron chi connectivity index (χ0n) is 16.3. The van der Waals surface area contributed by atoms with E-state index in [0.717, 1.165) is 55.4 Å². The summed E-state index contributed by atoms with van der Waals surface area (Å²) in [5, 5.41) is 0. The molecule has 29 heavy (non-hydrogen) atoms. The van der Waals surface area contributed by atoms with E-state index in [0.29, 0.717) is 18.6 Å². The SMILES string of the molecule is O=C(C1CCN(c2nc3ccccc3o2)CC1)N(Cc1cccc(F)c1)C1CC1. The van der Waals surface area contributed by atoms with Gasteiger partial charge in [-0.3, -0.25) is 4.79 Å². The maximum absolute atomic E-state index is 13.5. The molecule has 0 unspecified atom stereocenters. The lowest BCUT2D eigenvalue weighted by molar-refractivity contribution is -0.137. The number of rotatable bonds is 5. The zero-order valence-corrected chi connectivity index (χ0v) is 16.3. The van der Waals surface area contributed by atoms with Gasteiger partial charge in [-0.1, -0.05) is 24.3 Å². The smallest absolute Gasteiger partial charge is 0.298 e. The van der Waals surface area contributed by atoms with Gasteiger partial charge in [0.05, 0.1) is 0 Å². The molecule has 0 spiro atoms. The van der Waals surface area contributed by atoms with Crippen molar-refractivity contribution in [3.8, 4) is 0 Å². The van der Waals surface area contributed by atoms with Gasteiger partial charge in [-0.25, -0.2) is 4.39 Å². The van der Waals surface area contributed by atoms with Crippen LogP contribution in [0.25, 0.3) is 11.1 Å². The van der Waals surface area contributed by atoms with Crippen molar-refractivity contribution in [2.24, 2.45) is 5.92 Å². The number of aromatic nitrogens is 1. The topological polar surface area (TPSA) is 49.6 Å². The fourth-order valence-electron chi connectivity index (χ4n) is 4.15. The molecule has 1 aliphatic heterocycles. The molecule has 2 fully saturated rings. The molecule has 150 valence electrons. The fraction of sp³-hybridized carbons (Fsp3) is 0.391. The van der Waals surface area contributed by atoms with Crippen LogP contribution in [0.5, 0.6) is 0 Å². The molecule has 1 saturated carbocycles. The number of nitrogens with zero attached hydrogens (tertiary/aromatic N) is 3. The van der Waals surface area contributed by atoms with E-state index in [-0.39, 0.29) is 17.6 Å². The van der Waals surface area contributed by atoms with Crippen LogP contribution in [0.4, 0.5) is 10.4 Å². The molecule has 5 rings (SSSR count). The molecule has 1 saturated heterocycles. The number of anilines is 1. The maximum atomic E-state index is 13.5. The van der Waals surface area contributed by atoms with E-state index >= 15 is 0 Å². The van der Waals surface area contributed by atoms with Gasteiger partial charge in [-0.15, -0.1) is 0 Å². The molecule has 2 heterocycles. The highest BCUT2D eigenvalue weighted by Gasteiger charge is 2.37. The van der Waals surface area contributed by atoms with Crippen LogP contribution in [-0.2, 0) is 11.3 Å². The third kappa shape index (κ3) is 3.84. The molecule has 1 aliphatic carbocycles. The molecule has 0 N–H and O–H groups in total. The van der Waals surface area contributed by atoms with Crippen molar-refractivity contribution in [1.82, 2.24) is 9.88 Å². The average molecular weight is 393 g/mol. The third-order valence-electron chi connectivity index (χ3n) is 5.91. The predicted molar refractivity (Wildman–Crippen MR) is 109 cm³/mol. The lowest BCUT2D eigenvalue weighted by Gasteiger charge is -2.33. The summed E-state index contributed by atoms with van der Waals surface area (Å²) in [5.41, 5.74) is 2.50. The highest BCUT2D eigenvalue weighted by atomic mass is 19.1. The van der Waals surface area contributed by atoms with Crippen LogP contribution < -0.4 is 4.90 Å². The van der Waals surface area contributed by atoms with Crippen LogP contribution in [0.15, 0.2) is 52.9 Å². The Morgan fingerprint density at radius 3 is 2.62 bits per heavy atom. The lowest BCUT2D eigenvalue weighted by Crippen LogP contribution is -2.43. The number of amides is 1. The third-order valence-corrected chi connectivity index (χ3v) is 5.91. The van der Waals surface area contributed by atoms with Crippen LogP contribution in [0.1, 0.15) is 31.2 Å². The van der Waals surface area contributed by atoms with Crippen molar-refractivity contribution >= 4 is 23.0 Å². The minimum absolute atomic E-state index is 0.00443. The normalized spacial score (nSPS) is 17.6. The molecule has 2 aliphatic rings. The Hall–Kier alpha value is -2.89. The largest absolute Gasteiger partial charge is 0.423 e. The molecule has 0 radical (unpaired) electrons. The average Bonchev–Trinajstić information content (AvgIpc) is 3.49. The summed E-state index contributed by atoms with van der Waals surface area (Å²) in [6, 6.07) is 15.3. The first kappa shape index (κ1) is 18.2. The number of carbonyl (C=O) groups excluding carboxylic acids is 1. The van der Waals surface area contributed by atoms with Crippen LogP contribution in [0, 0.1) is 11.7 Å². The highest BCUT2D eigenvalue weighted by Crippen LogP contribution is 2.33. The number of carbonyl (C=O) groups is 1. The van der Waals surface area contributed by atoms with Gasteiger partial charge >= 0.3 is 0 Å². The van der Waals surface area contributed by atoms with E-state index in [2.05, 4.69) is 9.88 Å². The summed E-state index contributed by atoms with van der Waals surface area (Å²) < 4.78 is 19.4. The Kier molecular flexibility index (Phi) is 4.70. The van der Waals surface area contributed by atoms with Gasteiger partial charge in [0.25, 0.3) is 6.01 Å². The van der Waals surface area contributed by atoms with E-state index in [4.69, 9.17) is 4.42 Å². The van der Waals surface area contributed by atoms with Gasteiger partial charge in [0.15, 0.2) is 5.58 Å². The minimum Gasteiger partial charge on any atom is -0.423 e. The van der Waals surface area contributed by atoms with Gasteiger partial charge in [-0.2, -0.15) is 4.98 Å². The first-order valence-corrected chi connectivity index (χ1v) is 10.3. The lowest BCUT2D eigenvalue weighted by atomic mass is 9.95. The van der Waals surface area contributed by atoms with Gasteiger partial charge < -0.3 is 14.2 Å². The van der Waals surface area contributed by atoms with Crippen molar-refractivity contribution in [2.45, 2.75) is 38.3 Å². The van der Waals surface area contributed by atoms with Gasteiger partial charge in [0.2, 0.25) is 5.91 Å². The number of para-hydroxylation sites is 2. The second kappa shape index (κ2) is 7.50. The van der Waals surface area contributed by atoms with Gasteiger partial charge in [-0.05, 0) is 55.5 Å². The molecule has 3 aromatic rings. The van der Waals surface area contributed by atoms with E-state index in [9.17, 15) is 9.18 Å². The number of benzene rings is 2. The Morgan fingerprint density at radius 2 is 1.90 bits per heavy atom. The molecular weight excluding hydrogens is 369 g/mol. The van der Waals surface area contributed by atoms with Gasteiger partial charge in [0.1, 0.15) is 11.3 Å². The van der Waals surface area contributed by atoms with Crippen molar-refractivity contribution in [2.75, 3.05) is 18.0 Å². The Morgan fingerprint density at radius 1 is 1.10 bits per heavy atom. The summed E-state index contributed by atoms with van der Waals surface area (Å²) in [5.74, 6) is -0.0453. The Labute approximate surface area is 169 Å². The van der Waals surface area contributed by atoms with Crippen molar-refractivity contribution in [3.05, 3.63) is 59.9 Å². The monoisotopic (exact) mass is 393 g/mol. The van der Waals surface area contributed by atoms with Crippen LogP contribution >= 0.6 is 0 Å². The second-order valence-corrected chi connectivity index (χ2v) is 8.05. The molecule has 1 aromatic heterocycles. The van der Waals surface area contributed by atoms with E-state index in [1.54, 1.807) is 6.07 Å². The number of hydrogen-bond donors (Lipinski definition) is 0. The highest BCUT2D eigenvalue weighted by molar-refractivity contribution is 5.80. The summed E-state index contributed by atoms with van der Waals surface area (Å²) in [6.45, 7) is 2.00. The van der Waals surface area contributed by atoms with Crippen LogP contribution in [-0.4, -0.2) is 34.9 Å². The predicted octanol–water partition coefficient (Wildman–Crippen LogP) is 4.37. The number of piperidine rings is 1. The zero-order chi connectivity index (χ0) is 19.8. The first-order valence-electron chi connectivity index (χ1n) is 10.3. The number of halogens is 1. The molecule has 0 atom stereocenters. The minimum atomic E-state index is -0.252.